The number of benzene rings is 2. The minimum Gasteiger partial charge on any atom is -0.487 e. The highest BCUT2D eigenvalue weighted by molar-refractivity contribution is 5.88. The normalized spacial score (nSPS) is 24.8. The van der Waals surface area contributed by atoms with Crippen LogP contribution in [0.5, 0.6) is 5.75 Å². The monoisotopic (exact) mass is 671 g/mol. The third-order valence-corrected chi connectivity index (χ3v) is 9.51. The summed E-state index contributed by atoms with van der Waals surface area (Å²) in [5.74, 6) is 0.737. The fourth-order valence-corrected chi connectivity index (χ4v) is 6.65. The molecule has 15 heteroatoms. The second-order valence-corrected chi connectivity index (χ2v) is 12.7. The molecule has 2 amide bonds. The van der Waals surface area contributed by atoms with Crippen LogP contribution >= 0.6 is 0 Å². The van der Waals surface area contributed by atoms with Crippen molar-refractivity contribution in [3.63, 3.8) is 0 Å². The Morgan fingerprint density at radius 2 is 1.90 bits per heavy atom. The van der Waals surface area contributed by atoms with Gasteiger partial charge in [-0.05, 0) is 43.7 Å². The van der Waals surface area contributed by atoms with Crippen LogP contribution in [0, 0.1) is 18.3 Å². The summed E-state index contributed by atoms with van der Waals surface area (Å²) >= 11 is 0. The lowest BCUT2D eigenvalue weighted by atomic mass is 10.0. The van der Waals surface area contributed by atoms with Gasteiger partial charge in [-0.2, -0.15) is 15.2 Å². The molecular weight excluding hydrogens is 633 g/mol. The number of nitrogens with zero attached hydrogens (tertiary/aromatic N) is 8. The average Bonchev–Trinajstić information content (AvgIpc) is 3.44. The lowest BCUT2D eigenvalue weighted by Gasteiger charge is -2.45. The second kappa shape index (κ2) is 13.9. The Hall–Kier alpha value is -4.91. The molecular formula is C34H38FN9O5. The first-order chi connectivity index (χ1) is 23.8. The van der Waals surface area contributed by atoms with Crippen molar-refractivity contribution >= 4 is 23.6 Å². The number of amides is 2. The number of carbonyl (C=O) groups is 2. The van der Waals surface area contributed by atoms with Gasteiger partial charge < -0.3 is 24.4 Å². The molecule has 4 aliphatic rings. The van der Waals surface area contributed by atoms with Gasteiger partial charge in [0, 0.05) is 44.7 Å². The number of halogens is 1. The Bertz CT molecular complexity index is 1730. The maximum atomic E-state index is 15.4. The second-order valence-electron chi connectivity index (χ2n) is 12.7. The number of ether oxygens (including phenoxy) is 3. The van der Waals surface area contributed by atoms with E-state index >= 15 is 4.39 Å². The van der Waals surface area contributed by atoms with Crippen molar-refractivity contribution in [3.05, 3.63) is 59.9 Å². The number of para-hydroxylation sites is 1. The van der Waals surface area contributed by atoms with Gasteiger partial charge in [0.1, 0.15) is 36.4 Å². The van der Waals surface area contributed by atoms with Gasteiger partial charge in [0.15, 0.2) is 12.0 Å². The Morgan fingerprint density at radius 3 is 2.55 bits per heavy atom. The smallest absolute Gasteiger partial charge is 0.408 e. The van der Waals surface area contributed by atoms with Crippen LogP contribution in [-0.4, -0.2) is 125 Å². The first-order valence-electron chi connectivity index (χ1n) is 16.5. The molecule has 14 nitrogen and oxygen atoms in total. The molecule has 4 saturated heterocycles. The Kier molecular flexibility index (Phi) is 9.26. The lowest BCUT2D eigenvalue weighted by Crippen LogP contribution is -2.59. The number of rotatable bonds is 8. The average molecular weight is 672 g/mol. The highest BCUT2D eigenvalue weighted by Crippen LogP contribution is 2.33. The predicted molar refractivity (Wildman–Crippen MR) is 174 cm³/mol. The molecule has 2 aromatic carbocycles. The van der Waals surface area contributed by atoms with Crippen LogP contribution in [0.2, 0.25) is 0 Å². The largest absolute Gasteiger partial charge is 0.487 e. The van der Waals surface area contributed by atoms with Crippen molar-refractivity contribution in [2.24, 2.45) is 0 Å². The van der Waals surface area contributed by atoms with Crippen molar-refractivity contribution in [2.75, 3.05) is 57.5 Å². The van der Waals surface area contributed by atoms with E-state index < -0.39 is 30.5 Å². The molecule has 7 rings (SSSR count). The zero-order valence-electron chi connectivity index (χ0n) is 27.4. The highest BCUT2D eigenvalue weighted by atomic mass is 19.1. The molecule has 4 aliphatic heterocycles. The third-order valence-electron chi connectivity index (χ3n) is 9.51. The summed E-state index contributed by atoms with van der Waals surface area (Å²) in [7, 11) is 0. The van der Waals surface area contributed by atoms with Crippen LogP contribution < -0.4 is 15.1 Å². The van der Waals surface area contributed by atoms with Crippen molar-refractivity contribution in [3.8, 4) is 23.2 Å². The number of piperidine rings is 1. The van der Waals surface area contributed by atoms with Crippen LogP contribution in [-0.2, 0) is 14.3 Å². The SMILES string of the molecule is Cc1cc(-c2ncnc(N(c3ccccc3)N3CCN(C4COC4)CC3)n2)c(C#N)cc1O[C@H]1CCN(C(=O)[C@H]2NC(=O)O[C@@H]2C)C[C@@H]1F. The first kappa shape index (κ1) is 32.6. The van der Waals surface area contributed by atoms with E-state index in [2.05, 4.69) is 31.3 Å². The molecule has 0 aliphatic carbocycles. The minimum absolute atomic E-state index is 0.180. The van der Waals surface area contributed by atoms with E-state index in [4.69, 9.17) is 19.2 Å². The number of anilines is 2. The quantitative estimate of drug-likeness (QED) is 0.375. The molecule has 3 aromatic rings. The lowest BCUT2D eigenvalue weighted by molar-refractivity contribution is -0.138. The van der Waals surface area contributed by atoms with Crippen LogP contribution in [0.4, 0.5) is 20.8 Å². The molecule has 1 aromatic heterocycles. The minimum atomic E-state index is -1.48. The summed E-state index contributed by atoms with van der Waals surface area (Å²) in [6.07, 6.45) is -1.92. The number of aryl methyl sites for hydroxylation is 1. The molecule has 0 unspecified atom stereocenters. The van der Waals surface area contributed by atoms with Crippen molar-refractivity contribution in [2.45, 2.75) is 50.7 Å². The fourth-order valence-electron chi connectivity index (χ4n) is 6.65. The van der Waals surface area contributed by atoms with Crippen LogP contribution in [0.1, 0.15) is 24.5 Å². The van der Waals surface area contributed by atoms with Gasteiger partial charge in [-0.15, -0.1) is 0 Å². The number of nitriles is 1. The maximum absolute atomic E-state index is 15.4. The van der Waals surface area contributed by atoms with Gasteiger partial charge in [0.25, 0.3) is 0 Å². The van der Waals surface area contributed by atoms with E-state index in [0.29, 0.717) is 34.7 Å². The Morgan fingerprint density at radius 1 is 1.12 bits per heavy atom. The number of hydrazine groups is 1. The molecule has 256 valence electrons. The molecule has 0 spiro atoms. The zero-order valence-corrected chi connectivity index (χ0v) is 27.4. The summed E-state index contributed by atoms with van der Waals surface area (Å²) in [5, 5.41) is 16.9. The number of alkyl halides is 1. The predicted octanol–water partition coefficient (Wildman–Crippen LogP) is 2.60. The van der Waals surface area contributed by atoms with Gasteiger partial charge in [-0.1, -0.05) is 18.2 Å². The molecule has 4 fully saturated rings. The van der Waals surface area contributed by atoms with Crippen molar-refractivity contribution in [1.82, 2.24) is 35.1 Å². The Labute approximate surface area is 283 Å². The molecule has 0 saturated carbocycles. The van der Waals surface area contributed by atoms with E-state index in [1.165, 1.54) is 11.2 Å². The summed E-state index contributed by atoms with van der Waals surface area (Å²) < 4.78 is 31.9. The van der Waals surface area contributed by atoms with Gasteiger partial charge in [-0.3, -0.25) is 9.69 Å². The number of hydrogen-bond donors (Lipinski definition) is 1. The van der Waals surface area contributed by atoms with Crippen LogP contribution in [0.25, 0.3) is 11.4 Å². The molecule has 5 heterocycles. The van der Waals surface area contributed by atoms with Gasteiger partial charge in [-0.25, -0.2) is 24.2 Å². The molecule has 4 atom stereocenters. The van der Waals surface area contributed by atoms with E-state index in [1.54, 1.807) is 19.1 Å². The topological polar surface area (TPSA) is 149 Å². The molecule has 1 N–H and O–H groups in total. The van der Waals surface area contributed by atoms with E-state index in [-0.39, 0.29) is 31.0 Å². The van der Waals surface area contributed by atoms with Crippen molar-refractivity contribution in [1.29, 1.82) is 5.26 Å². The van der Waals surface area contributed by atoms with E-state index in [1.807, 2.05) is 42.3 Å². The summed E-state index contributed by atoms with van der Waals surface area (Å²) in [5.41, 5.74) is 2.36. The van der Waals surface area contributed by atoms with Gasteiger partial charge in [0.05, 0.1) is 37.1 Å². The zero-order chi connectivity index (χ0) is 34.1. The summed E-state index contributed by atoms with van der Waals surface area (Å²) in [4.78, 5) is 42.2. The number of cyclic esters (lactones) is 1. The highest BCUT2D eigenvalue weighted by Gasteiger charge is 2.42. The van der Waals surface area contributed by atoms with E-state index in [9.17, 15) is 14.9 Å². The number of nitrogens with one attached hydrogen (secondary N) is 1. The van der Waals surface area contributed by atoms with Crippen LogP contribution in [0.3, 0.4) is 0 Å². The van der Waals surface area contributed by atoms with Gasteiger partial charge in [0.2, 0.25) is 11.9 Å². The maximum Gasteiger partial charge on any atom is 0.408 e. The summed E-state index contributed by atoms with van der Waals surface area (Å²) in [6, 6.07) is 15.1. The molecule has 0 bridgehead atoms. The first-order valence-corrected chi connectivity index (χ1v) is 16.5. The molecule has 0 radical (unpaired) electrons. The number of alkyl carbamates (subject to hydrolysis) is 1. The number of likely N-dealkylation sites (tertiary alicyclic amines) is 1. The number of piperazine rings is 1. The van der Waals surface area contributed by atoms with Crippen LogP contribution in [0.15, 0.2) is 48.8 Å². The van der Waals surface area contributed by atoms with Gasteiger partial charge >= 0.3 is 6.09 Å². The number of carbonyl (C=O) groups excluding carboxylic acids is 2. The van der Waals surface area contributed by atoms with E-state index in [0.717, 1.165) is 45.1 Å². The Balaban J connectivity index is 1.08. The third kappa shape index (κ3) is 6.71. The fraction of sp³-hybridized carbons (Fsp3) is 0.471. The number of aromatic nitrogens is 3. The molecule has 49 heavy (non-hydrogen) atoms. The van der Waals surface area contributed by atoms with Crippen molar-refractivity contribution < 1.29 is 28.2 Å². The number of hydrogen-bond acceptors (Lipinski definition) is 12. The standard InChI is InChI=1S/C34H38FN9O5/c1-21-14-26(23(16-36)15-29(21)49-28-8-9-42(17-27(28)35)32(45)30-22(2)48-34(46)39-30)31-37-20-38-33(40-31)44(24-6-4-3-5-7-24)43-12-10-41(11-13-43)25-18-47-19-25/h3-7,14-15,20,22,25,27-28,30H,8-13,17-19H2,1-2H3,(H,39,46)/t22-,27+,28+,30+/m1/s1. The summed E-state index contributed by atoms with van der Waals surface area (Å²) in [6.45, 7) is 8.37.